The zero-order valence-corrected chi connectivity index (χ0v) is 21.4. The standard InChI is InChI=1S/C25H32N4O3.HI/c1-26-25(28-17-21-9-5-10-22-24(21)32-14-6-13-31-22)27-16-20-15-23(30)29(18-20)12-11-19-7-3-2-4-8-19;/h2-5,7-10,20H,6,11-18H2,1H3,(H2,26,27,28);1H. The number of benzene rings is 2. The Labute approximate surface area is 213 Å². The van der Waals surface area contributed by atoms with E-state index in [9.17, 15) is 4.79 Å². The van der Waals surface area contributed by atoms with Gasteiger partial charge in [-0.15, -0.1) is 24.0 Å². The molecule has 1 atom stereocenters. The molecule has 0 aromatic heterocycles. The van der Waals surface area contributed by atoms with Crippen LogP contribution in [0, 0.1) is 5.92 Å². The van der Waals surface area contributed by atoms with Crippen LogP contribution >= 0.6 is 24.0 Å². The van der Waals surface area contributed by atoms with E-state index in [1.807, 2.05) is 41.3 Å². The lowest BCUT2D eigenvalue weighted by molar-refractivity contribution is -0.127. The topological polar surface area (TPSA) is 75.2 Å². The van der Waals surface area contributed by atoms with Crippen LogP contribution < -0.4 is 20.1 Å². The normalized spacial score (nSPS) is 17.8. The molecule has 2 aliphatic heterocycles. The fourth-order valence-electron chi connectivity index (χ4n) is 4.15. The average Bonchev–Trinajstić information content (AvgIpc) is 3.01. The summed E-state index contributed by atoms with van der Waals surface area (Å²) in [5, 5.41) is 6.73. The van der Waals surface area contributed by atoms with Crippen molar-refractivity contribution in [1.29, 1.82) is 0 Å². The Morgan fingerprint density at radius 2 is 1.91 bits per heavy atom. The summed E-state index contributed by atoms with van der Waals surface area (Å²) >= 11 is 0. The monoisotopic (exact) mass is 564 g/mol. The summed E-state index contributed by atoms with van der Waals surface area (Å²) < 4.78 is 11.7. The molecule has 2 heterocycles. The van der Waals surface area contributed by atoms with Gasteiger partial charge in [-0.3, -0.25) is 9.79 Å². The average molecular weight is 564 g/mol. The van der Waals surface area contributed by atoms with E-state index in [4.69, 9.17) is 9.47 Å². The highest BCUT2D eigenvalue weighted by Gasteiger charge is 2.29. The summed E-state index contributed by atoms with van der Waals surface area (Å²) in [6.07, 6.45) is 2.35. The van der Waals surface area contributed by atoms with Crippen molar-refractivity contribution in [1.82, 2.24) is 15.5 Å². The first-order valence-electron chi connectivity index (χ1n) is 11.4. The van der Waals surface area contributed by atoms with Crippen LogP contribution in [-0.2, 0) is 17.8 Å². The predicted octanol–water partition coefficient (Wildman–Crippen LogP) is 3.22. The number of hydrogen-bond acceptors (Lipinski definition) is 4. The van der Waals surface area contributed by atoms with Crippen molar-refractivity contribution >= 4 is 35.8 Å². The molecular weight excluding hydrogens is 531 g/mol. The van der Waals surface area contributed by atoms with E-state index in [1.165, 1.54) is 5.56 Å². The number of rotatable bonds is 7. The maximum absolute atomic E-state index is 12.4. The van der Waals surface area contributed by atoms with Crippen molar-refractivity contribution in [3.05, 3.63) is 59.7 Å². The molecule has 0 spiro atoms. The van der Waals surface area contributed by atoms with Crippen LogP contribution in [0.3, 0.4) is 0 Å². The lowest BCUT2D eigenvalue weighted by atomic mass is 10.1. The van der Waals surface area contributed by atoms with E-state index in [0.29, 0.717) is 38.7 Å². The Kier molecular flexibility index (Phi) is 9.65. The quantitative estimate of drug-likeness (QED) is 0.307. The summed E-state index contributed by atoms with van der Waals surface area (Å²) in [4.78, 5) is 18.7. The highest BCUT2D eigenvalue weighted by molar-refractivity contribution is 14.0. The zero-order valence-electron chi connectivity index (χ0n) is 19.1. The molecule has 0 radical (unpaired) electrons. The third-order valence-electron chi connectivity index (χ3n) is 5.89. The van der Waals surface area contributed by atoms with Gasteiger partial charge in [-0.25, -0.2) is 0 Å². The van der Waals surface area contributed by atoms with Gasteiger partial charge < -0.3 is 25.0 Å². The Morgan fingerprint density at radius 1 is 1.09 bits per heavy atom. The molecule has 2 N–H and O–H groups in total. The summed E-state index contributed by atoms with van der Waals surface area (Å²) in [5.41, 5.74) is 2.30. The minimum atomic E-state index is 0. The molecular formula is C25H33IN4O3. The second kappa shape index (κ2) is 12.7. The lowest BCUT2D eigenvalue weighted by Crippen LogP contribution is -2.40. The van der Waals surface area contributed by atoms with E-state index in [-0.39, 0.29) is 35.8 Å². The number of ether oxygens (including phenoxy) is 2. The Bertz CT molecular complexity index is 939. The van der Waals surface area contributed by atoms with Crippen molar-refractivity contribution in [2.24, 2.45) is 10.9 Å². The van der Waals surface area contributed by atoms with Crippen LogP contribution in [-0.4, -0.2) is 56.7 Å². The van der Waals surface area contributed by atoms with Crippen molar-refractivity contribution in [2.45, 2.75) is 25.8 Å². The fraction of sp³-hybridized carbons (Fsp3) is 0.440. The number of hydrogen-bond donors (Lipinski definition) is 2. The third kappa shape index (κ3) is 6.99. The molecule has 0 aliphatic carbocycles. The molecule has 33 heavy (non-hydrogen) atoms. The highest BCUT2D eigenvalue weighted by atomic mass is 127. The Morgan fingerprint density at radius 3 is 2.73 bits per heavy atom. The maximum atomic E-state index is 12.4. The first kappa shape index (κ1) is 25.1. The second-order valence-electron chi connectivity index (χ2n) is 8.25. The van der Waals surface area contributed by atoms with Gasteiger partial charge in [0.25, 0.3) is 0 Å². The second-order valence-corrected chi connectivity index (χ2v) is 8.25. The SMILES string of the molecule is CN=C(NCc1cccc2c1OCCCO2)NCC1CC(=O)N(CCc2ccccc2)C1.I. The summed E-state index contributed by atoms with van der Waals surface area (Å²) in [7, 11) is 1.76. The van der Waals surface area contributed by atoms with E-state index in [0.717, 1.165) is 43.0 Å². The van der Waals surface area contributed by atoms with E-state index >= 15 is 0 Å². The van der Waals surface area contributed by atoms with Crippen molar-refractivity contribution in [3.63, 3.8) is 0 Å². The number of nitrogens with zero attached hydrogens (tertiary/aromatic N) is 2. The number of nitrogens with one attached hydrogen (secondary N) is 2. The van der Waals surface area contributed by atoms with Crippen LogP contribution in [0.15, 0.2) is 53.5 Å². The summed E-state index contributed by atoms with van der Waals surface area (Å²) in [6, 6.07) is 16.3. The number of aliphatic imine (C=N–C) groups is 1. The highest BCUT2D eigenvalue weighted by Crippen LogP contribution is 2.33. The van der Waals surface area contributed by atoms with Gasteiger partial charge in [0.05, 0.1) is 13.2 Å². The van der Waals surface area contributed by atoms with Crippen molar-refractivity contribution in [3.8, 4) is 11.5 Å². The number of halogens is 1. The number of carbonyl (C=O) groups is 1. The van der Waals surface area contributed by atoms with Crippen LogP contribution in [0.4, 0.5) is 0 Å². The molecule has 7 nitrogen and oxygen atoms in total. The van der Waals surface area contributed by atoms with E-state index in [1.54, 1.807) is 7.05 Å². The van der Waals surface area contributed by atoms with Gasteiger partial charge in [0, 0.05) is 57.5 Å². The molecule has 4 rings (SSSR count). The summed E-state index contributed by atoms with van der Waals surface area (Å²) in [5.74, 6) is 2.84. The molecule has 8 heteroatoms. The van der Waals surface area contributed by atoms with Crippen LogP contribution in [0.5, 0.6) is 11.5 Å². The first-order chi connectivity index (χ1) is 15.7. The predicted molar refractivity (Wildman–Crippen MR) is 140 cm³/mol. The van der Waals surface area contributed by atoms with Crippen molar-refractivity contribution < 1.29 is 14.3 Å². The van der Waals surface area contributed by atoms with Gasteiger partial charge in [-0.05, 0) is 18.1 Å². The molecule has 1 unspecified atom stereocenters. The Balaban J connectivity index is 0.00000306. The van der Waals surface area contributed by atoms with Gasteiger partial charge in [0.1, 0.15) is 0 Å². The minimum absolute atomic E-state index is 0. The molecule has 2 aromatic rings. The van der Waals surface area contributed by atoms with Crippen molar-refractivity contribution in [2.75, 3.05) is 39.9 Å². The molecule has 1 fully saturated rings. The molecule has 2 aromatic carbocycles. The van der Waals surface area contributed by atoms with Gasteiger partial charge in [0.2, 0.25) is 5.91 Å². The number of guanidine groups is 1. The smallest absolute Gasteiger partial charge is 0.223 e. The number of likely N-dealkylation sites (tertiary alicyclic amines) is 1. The van der Waals surface area contributed by atoms with Crippen LogP contribution in [0.25, 0.3) is 0 Å². The zero-order chi connectivity index (χ0) is 22.2. The minimum Gasteiger partial charge on any atom is -0.490 e. The molecule has 1 amide bonds. The maximum Gasteiger partial charge on any atom is 0.223 e. The van der Waals surface area contributed by atoms with E-state index < -0.39 is 0 Å². The number of para-hydroxylation sites is 1. The third-order valence-corrected chi connectivity index (χ3v) is 5.89. The van der Waals surface area contributed by atoms with Gasteiger partial charge in [0.15, 0.2) is 17.5 Å². The molecule has 0 saturated carbocycles. The largest absolute Gasteiger partial charge is 0.490 e. The van der Waals surface area contributed by atoms with E-state index in [2.05, 4.69) is 27.8 Å². The molecule has 178 valence electrons. The van der Waals surface area contributed by atoms with Gasteiger partial charge >= 0.3 is 0 Å². The van der Waals surface area contributed by atoms with Gasteiger partial charge in [-0.2, -0.15) is 0 Å². The molecule has 1 saturated heterocycles. The molecule has 2 aliphatic rings. The fourth-order valence-corrected chi connectivity index (χ4v) is 4.15. The summed E-state index contributed by atoms with van der Waals surface area (Å²) in [6.45, 7) is 4.18. The first-order valence-corrected chi connectivity index (χ1v) is 11.4. The van der Waals surface area contributed by atoms with Crippen LogP contribution in [0.1, 0.15) is 24.0 Å². The number of fused-ring (bicyclic) bond motifs is 1. The van der Waals surface area contributed by atoms with Crippen LogP contribution in [0.2, 0.25) is 0 Å². The Hall–Kier alpha value is -2.49. The lowest BCUT2D eigenvalue weighted by Gasteiger charge is -2.18. The number of amides is 1. The molecule has 0 bridgehead atoms. The number of carbonyl (C=O) groups excluding carboxylic acids is 1. The van der Waals surface area contributed by atoms with Gasteiger partial charge in [-0.1, -0.05) is 42.5 Å².